The van der Waals surface area contributed by atoms with E-state index in [9.17, 15) is 0 Å². The lowest BCUT2D eigenvalue weighted by Gasteiger charge is -2.48. The van der Waals surface area contributed by atoms with Crippen LogP contribution < -0.4 is 17.7 Å². The van der Waals surface area contributed by atoms with E-state index in [1.54, 1.807) is 0 Å². The van der Waals surface area contributed by atoms with Gasteiger partial charge in [0.1, 0.15) is 0 Å². The summed E-state index contributed by atoms with van der Waals surface area (Å²) < 4.78 is 0. The molecule has 112 valence electrons. The predicted molar refractivity (Wildman–Crippen MR) is 80.9 cm³/mol. The van der Waals surface area contributed by atoms with Gasteiger partial charge in [0, 0.05) is 16.0 Å². The Morgan fingerprint density at radius 1 is 1.10 bits per heavy atom. The second-order valence-electron chi connectivity index (χ2n) is 6.17. The third-order valence-electron chi connectivity index (χ3n) is 5.22. The molecule has 3 aliphatic carbocycles. The van der Waals surface area contributed by atoms with Gasteiger partial charge in [0.2, 0.25) is 0 Å². The molecule has 1 aromatic carbocycles. The summed E-state index contributed by atoms with van der Waals surface area (Å²) in [6, 6.07) is 6.07. The standard InChI is InChI=1S/C16H21Cl2N.ClH/c1-19-9-14-10-2-4-11(5-3-10)16(14)13-7-6-12(17)8-15(13)18;/h6-8,10-11,14,16,19H,2-5,9H2,1H3;1H. The van der Waals surface area contributed by atoms with Gasteiger partial charge in [0.05, 0.1) is 13.6 Å². The average molecular weight is 335 g/mol. The van der Waals surface area contributed by atoms with E-state index in [4.69, 9.17) is 23.2 Å². The molecule has 0 aromatic heterocycles. The molecule has 0 amide bonds. The molecule has 0 spiro atoms. The second-order valence-corrected chi connectivity index (χ2v) is 7.02. The molecule has 1 nitrogen and oxygen atoms in total. The topological polar surface area (TPSA) is 16.6 Å². The van der Waals surface area contributed by atoms with Crippen molar-refractivity contribution in [1.82, 2.24) is 0 Å². The molecule has 0 aliphatic heterocycles. The molecule has 3 aliphatic rings. The van der Waals surface area contributed by atoms with Gasteiger partial charge in [-0.1, -0.05) is 29.3 Å². The highest BCUT2D eigenvalue weighted by Gasteiger charge is 2.45. The minimum absolute atomic E-state index is 0. The molecule has 4 rings (SSSR count). The van der Waals surface area contributed by atoms with Crippen molar-refractivity contribution in [3.05, 3.63) is 33.8 Å². The number of hydrogen-bond donors (Lipinski definition) is 1. The maximum absolute atomic E-state index is 6.47. The fourth-order valence-electron chi connectivity index (χ4n) is 4.44. The van der Waals surface area contributed by atoms with Gasteiger partial charge in [0.25, 0.3) is 0 Å². The van der Waals surface area contributed by atoms with Crippen molar-refractivity contribution in [2.45, 2.75) is 31.6 Å². The highest BCUT2D eigenvalue weighted by Crippen LogP contribution is 2.54. The highest BCUT2D eigenvalue weighted by molar-refractivity contribution is 6.35. The van der Waals surface area contributed by atoms with Crippen molar-refractivity contribution in [2.75, 3.05) is 13.6 Å². The first-order chi connectivity index (χ1) is 9.20. The van der Waals surface area contributed by atoms with Crippen molar-refractivity contribution in [3.8, 4) is 0 Å². The van der Waals surface area contributed by atoms with E-state index in [0.29, 0.717) is 5.92 Å². The minimum atomic E-state index is 0. The molecule has 1 aromatic rings. The number of benzene rings is 1. The van der Waals surface area contributed by atoms with Crippen LogP contribution in [0, 0.1) is 17.8 Å². The normalized spacial score (nSPS) is 31.9. The SMILES string of the molecule is C[NH2+]CC1C2CCC(CC2)C1c1ccc(Cl)cc1Cl.[Cl-]. The number of halogens is 3. The van der Waals surface area contributed by atoms with E-state index in [0.717, 1.165) is 27.8 Å². The summed E-state index contributed by atoms with van der Waals surface area (Å²) in [5.41, 5.74) is 1.34. The summed E-state index contributed by atoms with van der Waals surface area (Å²) in [5.74, 6) is 3.16. The fourth-order valence-corrected chi connectivity index (χ4v) is 4.98. The summed E-state index contributed by atoms with van der Waals surface area (Å²) in [5, 5.41) is 3.95. The number of rotatable bonds is 3. The lowest BCUT2D eigenvalue weighted by molar-refractivity contribution is -0.635. The van der Waals surface area contributed by atoms with Crippen LogP contribution in [0.15, 0.2) is 18.2 Å². The van der Waals surface area contributed by atoms with Gasteiger partial charge in [-0.2, -0.15) is 0 Å². The van der Waals surface area contributed by atoms with Crippen LogP contribution in [0.3, 0.4) is 0 Å². The summed E-state index contributed by atoms with van der Waals surface area (Å²) in [7, 11) is 2.18. The van der Waals surface area contributed by atoms with Crippen LogP contribution in [0.25, 0.3) is 0 Å². The predicted octanol–water partition coefficient (Wildman–Crippen LogP) is 0.710. The fraction of sp³-hybridized carbons (Fsp3) is 0.625. The number of quaternary nitrogens is 1. The Morgan fingerprint density at radius 3 is 2.35 bits per heavy atom. The van der Waals surface area contributed by atoms with E-state index >= 15 is 0 Å². The maximum Gasteiger partial charge on any atom is 0.0790 e. The monoisotopic (exact) mass is 333 g/mol. The number of hydrogen-bond acceptors (Lipinski definition) is 0. The molecular weight excluding hydrogens is 313 g/mol. The van der Waals surface area contributed by atoms with Gasteiger partial charge < -0.3 is 17.7 Å². The van der Waals surface area contributed by atoms with Crippen molar-refractivity contribution in [2.24, 2.45) is 17.8 Å². The minimum Gasteiger partial charge on any atom is -1.00 e. The lowest BCUT2D eigenvalue weighted by Crippen LogP contribution is -3.00. The maximum atomic E-state index is 6.47. The third kappa shape index (κ3) is 2.97. The van der Waals surface area contributed by atoms with Crippen LogP contribution in [0.5, 0.6) is 0 Å². The molecule has 3 saturated carbocycles. The molecule has 2 atom stereocenters. The Labute approximate surface area is 137 Å². The van der Waals surface area contributed by atoms with Crippen LogP contribution >= 0.6 is 23.2 Å². The molecule has 2 bridgehead atoms. The van der Waals surface area contributed by atoms with Crippen molar-refractivity contribution in [3.63, 3.8) is 0 Å². The van der Waals surface area contributed by atoms with Crippen molar-refractivity contribution in [1.29, 1.82) is 0 Å². The van der Waals surface area contributed by atoms with Crippen LogP contribution in [-0.4, -0.2) is 13.6 Å². The van der Waals surface area contributed by atoms with Crippen LogP contribution in [0.1, 0.15) is 37.2 Å². The molecule has 3 fully saturated rings. The summed E-state index contributed by atoms with van der Waals surface area (Å²) >= 11 is 12.5. The van der Waals surface area contributed by atoms with E-state index in [1.165, 1.54) is 37.8 Å². The molecule has 2 N–H and O–H groups in total. The quantitative estimate of drug-likeness (QED) is 0.838. The van der Waals surface area contributed by atoms with Crippen LogP contribution in [0.4, 0.5) is 0 Å². The Morgan fingerprint density at radius 2 is 1.75 bits per heavy atom. The van der Waals surface area contributed by atoms with E-state index < -0.39 is 0 Å². The Hall–Kier alpha value is 0.0500. The zero-order valence-electron chi connectivity index (χ0n) is 11.8. The summed E-state index contributed by atoms with van der Waals surface area (Å²) in [4.78, 5) is 0. The number of nitrogens with two attached hydrogens (primary N) is 1. The molecule has 4 heteroatoms. The third-order valence-corrected chi connectivity index (χ3v) is 5.78. The first kappa shape index (κ1) is 16.4. The zero-order valence-corrected chi connectivity index (χ0v) is 14.1. The van der Waals surface area contributed by atoms with E-state index in [-0.39, 0.29) is 12.4 Å². The molecule has 0 saturated heterocycles. The first-order valence-corrected chi connectivity index (χ1v) is 8.19. The van der Waals surface area contributed by atoms with E-state index in [1.807, 2.05) is 12.1 Å². The second kappa shape index (κ2) is 6.87. The Kier molecular flexibility index (Phi) is 5.64. The largest absolute Gasteiger partial charge is 1.00 e. The molecule has 0 radical (unpaired) electrons. The molecule has 2 unspecified atom stereocenters. The average Bonchev–Trinajstić information content (AvgIpc) is 2.41. The molecular formula is C16H22Cl3N. The Bertz CT molecular complexity index is 455. The van der Waals surface area contributed by atoms with Gasteiger partial charge in [-0.3, -0.25) is 0 Å². The van der Waals surface area contributed by atoms with E-state index in [2.05, 4.69) is 18.4 Å². The van der Waals surface area contributed by atoms with Crippen molar-refractivity contribution < 1.29 is 17.7 Å². The summed E-state index contributed by atoms with van der Waals surface area (Å²) in [6.07, 6.45) is 5.61. The van der Waals surface area contributed by atoms with Crippen LogP contribution in [-0.2, 0) is 0 Å². The highest BCUT2D eigenvalue weighted by atomic mass is 35.5. The number of fused-ring (bicyclic) bond motifs is 3. The summed E-state index contributed by atoms with van der Waals surface area (Å²) in [6.45, 7) is 1.23. The zero-order chi connectivity index (χ0) is 13.4. The first-order valence-electron chi connectivity index (χ1n) is 7.43. The van der Waals surface area contributed by atoms with Gasteiger partial charge >= 0.3 is 0 Å². The van der Waals surface area contributed by atoms with Gasteiger partial charge in [0.15, 0.2) is 0 Å². The van der Waals surface area contributed by atoms with Crippen LogP contribution in [0.2, 0.25) is 10.0 Å². The van der Waals surface area contributed by atoms with Gasteiger partial charge in [-0.25, -0.2) is 0 Å². The van der Waals surface area contributed by atoms with Gasteiger partial charge in [-0.15, -0.1) is 0 Å². The molecule has 0 heterocycles. The lowest BCUT2D eigenvalue weighted by atomic mass is 9.57. The smallest absolute Gasteiger partial charge is 0.0790 e. The van der Waals surface area contributed by atoms with Crippen molar-refractivity contribution >= 4 is 23.2 Å². The molecule has 20 heavy (non-hydrogen) atoms. The Balaban J connectivity index is 0.00000147. The van der Waals surface area contributed by atoms with Gasteiger partial charge in [-0.05, 0) is 61.1 Å².